The first-order chi connectivity index (χ1) is 9.47. The van der Waals surface area contributed by atoms with Gasteiger partial charge in [0.05, 0.1) is 6.04 Å². The Hall–Kier alpha value is -1.20. The van der Waals surface area contributed by atoms with Crippen LogP contribution < -0.4 is 11.1 Å². The Bertz CT molecular complexity index is 499. The van der Waals surface area contributed by atoms with Crippen molar-refractivity contribution in [3.63, 3.8) is 0 Å². The fourth-order valence-corrected chi connectivity index (χ4v) is 2.73. The topological polar surface area (TPSA) is 55.1 Å². The number of rotatable bonds is 3. The molecule has 1 aliphatic carbocycles. The normalized spacial score (nSPS) is 23.0. The van der Waals surface area contributed by atoms with E-state index in [-0.39, 0.29) is 30.3 Å². The van der Waals surface area contributed by atoms with Crippen molar-refractivity contribution in [2.75, 3.05) is 0 Å². The summed E-state index contributed by atoms with van der Waals surface area (Å²) in [6, 6.07) is 2.97. The van der Waals surface area contributed by atoms with Gasteiger partial charge in [-0.15, -0.1) is 12.4 Å². The summed E-state index contributed by atoms with van der Waals surface area (Å²) in [5, 5.41) is 2.79. The van der Waals surface area contributed by atoms with E-state index in [1.54, 1.807) is 6.92 Å². The molecule has 1 saturated carbocycles. The highest BCUT2D eigenvalue weighted by atomic mass is 35.5. The summed E-state index contributed by atoms with van der Waals surface area (Å²) in [6.07, 6.45) is 3.38. The number of carbonyl (C=O) groups is 1. The van der Waals surface area contributed by atoms with E-state index in [1.165, 1.54) is 12.1 Å². The summed E-state index contributed by atoms with van der Waals surface area (Å²) in [5.74, 6) is -1.47. The first-order valence-corrected chi connectivity index (χ1v) is 6.98. The largest absolute Gasteiger partial charge is 0.349 e. The predicted octanol–water partition coefficient (Wildman–Crippen LogP) is 3.08. The van der Waals surface area contributed by atoms with Crippen LogP contribution in [0.4, 0.5) is 8.78 Å². The molecule has 0 saturated heterocycles. The Morgan fingerprint density at radius 1 is 1.38 bits per heavy atom. The van der Waals surface area contributed by atoms with Crippen molar-refractivity contribution >= 4 is 18.3 Å². The molecular formula is C15H21ClF2N2O. The van der Waals surface area contributed by atoms with Crippen molar-refractivity contribution in [1.29, 1.82) is 0 Å². The molecular weight excluding hydrogens is 298 g/mol. The van der Waals surface area contributed by atoms with Crippen LogP contribution in [0.1, 0.15) is 44.2 Å². The molecule has 3 nitrogen and oxygen atoms in total. The molecule has 1 aromatic rings. The summed E-state index contributed by atoms with van der Waals surface area (Å²) < 4.78 is 26.5. The van der Waals surface area contributed by atoms with Gasteiger partial charge in [0.2, 0.25) is 5.91 Å². The maximum Gasteiger partial charge on any atom is 0.223 e. The maximum absolute atomic E-state index is 13.6. The van der Waals surface area contributed by atoms with Gasteiger partial charge >= 0.3 is 0 Å². The number of benzene rings is 1. The van der Waals surface area contributed by atoms with Gasteiger partial charge in [0, 0.05) is 23.6 Å². The lowest BCUT2D eigenvalue weighted by Gasteiger charge is -2.27. The predicted molar refractivity (Wildman–Crippen MR) is 80.1 cm³/mol. The molecule has 0 aliphatic heterocycles. The molecule has 118 valence electrons. The number of hydrogen-bond donors (Lipinski definition) is 2. The zero-order chi connectivity index (χ0) is 14.7. The van der Waals surface area contributed by atoms with Gasteiger partial charge < -0.3 is 11.1 Å². The number of nitrogens with one attached hydrogen (secondary N) is 1. The van der Waals surface area contributed by atoms with Crippen LogP contribution in [0.25, 0.3) is 0 Å². The van der Waals surface area contributed by atoms with Gasteiger partial charge in [-0.05, 0) is 32.3 Å². The van der Waals surface area contributed by atoms with E-state index in [9.17, 15) is 13.6 Å². The van der Waals surface area contributed by atoms with Crippen LogP contribution >= 0.6 is 12.4 Å². The Balaban J connectivity index is 0.00000220. The Labute approximate surface area is 129 Å². The van der Waals surface area contributed by atoms with Crippen molar-refractivity contribution in [3.8, 4) is 0 Å². The summed E-state index contributed by atoms with van der Waals surface area (Å²) in [6.45, 7) is 1.69. The molecule has 21 heavy (non-hydrogen) atoms. The van der Waals surface area contributed by atoms with Crippen LogP contribution in [0.3, 0.4) is 0 Å². The summed E-state index contributed by atoms with van der Waals surface area (Å²) in [7, 11) is 0. The molecule has 0 spiro atoms. The van der Waals surface area contributed by atoms with E-state index in [2.05, 4.69) is 5.32 Å². The molecule has 2 rings (SSSR count). The van der Waals surface area contributed by atoms with Crippen molar-refractivity contribution in [2.24, 2.45) is 11.7 Å². The lowest BCUT2D eigenvalue weighted by molar-refractivity contribution is -0.126. The average Bonchev–Trinajstić information content (AvgIpc) is 2.38. The zero-order valence-electron chi connectivity index (χ0n) is 11.9. The van der Waals surface area contributed by atoms with Crippen LogP contribution in [0.2, 0.25) is 0 Å². The van der Waals surface area contributed by atoms with Crippen LogP contribution in [0.5, 0.6) is 0 Å². The fraction of sp³-hybridized carbons (Fsp3) is 0.533. The molecule has 3 N–H and O–H groups in total. The second-order valence-electron chi connectivity index (χ2n) is 5.52. The van der Waals surface area contributed by atoms with Crippen LogP contribution in [-0.4, -0.2) is 11.9 Å². The molecule has 1 fully saturated rings. The van der Waals surface area contributed by atoms with E-state index in [1.807, 2.05) is 0 Å². The van der Waals surface area contributed by atoms with Gasteiger partial charge in [-0.1, -0.05) is 12.5 Å². The van der Waals surface area contributed by atoms with Crippen LogP contribution in [-0.2, 0) is 4.79 Å². The molecule has 0 aromatic heterocycles. The monoisotopic (exact) mass is 318 g/mol. The third kappa shape index (κ3) is 4.64. The third-order valence-electron chi connectivity index (χ3n) is 3.87. The van der Waals surface area contributed by atoms with Gasteiger partial charge in [0.15, 0.2) is 0 Å². The quantitative estimate of drug-likeness (QED) is 0.900. The summed E-state index contributed by atoms with van der Waals surface area (Å²) in [5.41, 5.74) is 6.16. The van der Waals surface area contributed by atoms with Crippen molar-refractivity contribution in [1.82, 2.24) is 5.32 Å². The maximum atomic E-state index is 13.6. The minimum Gasteiger partial charge on any atom is -0.349 e. The number of halogens is 3. The molecule has 3 unspecified atom stereocenters. The van der Waals surface area contributed by atoms with Gasteiger partial charge in [-0.2, -0.15) is 0 Å². The second-order valence-corrected chi connectivity index (χ2v) is 5.52. The van der Waals surface area contributed by atoms with E-state index >= 15 is 0 Å². The average molecular weight is 319 g/mol. The Morgan fingerprint density at radius 3 is 2.71 bits per heavy atom. The van der Waals surface area contributed by atoms with Crippen molar-refractivity contribution in [3.05, 3.63) is 35.4 Å². The van der Waals surface area contributed by atoms with Crippen LogP contribution in [0, 0.1) is 17.6 Å². The van der Waals surface area contributed by atoms with E-state index in [0.717, 1.165) is 25.3 Å². The van der Waals surface area contributed by atoms with Crippen LogP contribution in [0.15, 0.2) is 18.2 Å². The highest BCUT2D eigenvalue weighted by Gasteiger charge is 2.26. The molecule has 1 aliphatic rings. The summed E-state index contributed by atoms with van der Waals surface area (Å²) in [4.78, 5) is 12.1. The minimum absolute atomic E-state index is 0. The Kier molecular flexibility index (Phi) is 6.55. The third-order valence-corrected chi connectivity index (χ3v) is 3.87. The number of hydrogen-bond acceptors (Lipinski definition) is 2. The zero-order valence-corrected chi connectivity index (χ0v) is 12.8. The molecule has 1 amide bonds. The molecule has 3 atom stereocenters. The van der Waals surface area contributed by atoms with Crippen molar-refractivity contribution in [2.45, 2.75) is 44.7 Å². The highest BCUT2D eigenvalue weighted by Crippen LogP contribution is 2.25. The summed E-state index contributed by atoms with van der Waals surface area (Å²) >= 11 is 0. The van der Waals surface area contributed by atoms with Gasteiger partial charge in [-0.3, -0.25) is 4.79 Å². The molecule has 0 heterocycles. The van der Waals surface area contributed by atoms with E-state index in [4.69, 9.17) is 5.73 Å². The van der Waals surface area contributed by atoms with Gasteiger partial charge in [0.1, 0.15) is 11.6 Å². The SMILES string of the molecule is CC(NC(=O)C1CCCC(N)C1)c1ccc(F)cc1F.Cl. The molecule has 0 radical (unpaired) electrons. The number of nitrogens with two attached hydrogens (primary N) is 1. The van der Waals surface area contributed by atoms with E-state index < -0.39 is 17.7 Å². The van der Waals surface area contributed by atoms with Crippen molar-refractivity contribution < 1.29 is 13.6 Å². The smallest absolute Gasteiger partial charge is 0.223 e. The van der Waals surface area contributed by atoms with Gasteiger partial charge in [0.25, 0.3) is 0 Å². The van der Waals surface area contributed by atoms with E-state index in [0.29, 0.717) is 12.0 Å². The van der Waals surface area contributed by atoms with Gasteiger partial charge in [-0.25, -0.2) is 8.78 Å². The number of amides is 1. The first-order valence-electron chi connectivity index (χ1n) is 6.98. The standard InChI is InChI=1S/C15H20F2N2O.ClH/c1-9(13-6-5-11(16)8-14(13)17)19-15(20)10-3-2-4-12(18)7-10;/h5-6,8-10,12H,2-4,7,18H2,1H3,(H,19,20);1H. The Morgan fingerprint density at radius 2 is 2.10 bits per heavy atom. The first kappa shape index (κ1) is 17.9. The second kappa shape index (κ2) is 7.71. The molecule has 6 heteroatoms. The lowest BCUT2D eigenvalue weighted by atomic mass is 9.85. The molecule has 1 aromatic carbocycles. The minimum atomic E-state index is -0.641. The molecule has 0 bridgehead atoms. The fourth-order valence-electron chi connectivity index (χ4n) is 2.73. The number of carbonyl (C=O) groups excluding carboxylic acids is 1. The highest BCUT2D eigenvalue weighted by molar-refractivity contribution is 5.85. The lowest BCUT2D eigenvalue weighted by Crippen LogP contribution is -2.38.